The Balaban J connectivity index is 2.16. The highest BCUT2D eigenvalue weighted by atomic mass is 16.5. The molecule has 1 heterocycles. The number of aromatic nitrogens is 2. The molecule has 2 aromatic rings. The van der Waals surface area contributed by atoms with Gasteiger partial charge >= 0.3 is 0 Å². The Morgan fingerprint density at radius 3 is 2.57 bits per heavy atom. The fraction of sp³-hybridized carbons (Fsp3) is 0.375. The number of rotatable bonds is 3. The van der Waals surface area contributed by atoms with Gasteiger partial charge in [0.25, 0.3) is 5.91 Å². The lowest BCUT2D eigenvalue weighted by molar-refractivity contribution is 0.102. The number of carbonyl (C=O) groups is 1. The summed E-state index contributed by atoms with van der Waals surface area (Å²) in [7, 11) is 1.59. The fourth-order valence-electron chi connectivity index (χ4n) is 1.92. The molecule has 0 aliphatic rings. The van der Waals surface area contributed by atoms with E-state index in [1.54, 1.807) is 19.2 Å². The molecule has 112 valence electrons. The molecule has 0 atom stereocenters. The predicted octanol–water partition coefficient (Wildman–Crippen LogP) is 3.28. The highest BCUT2D eigenvalue weighted by molar-refractivity contribution is 6.04. The van der Waals surface area contributed by atoms with Gasteiger partial charge in [0.05, 0.1) is 7.11 Å². The van der Waals surface area contributed by atoms with Crippen molar-refractivity contribution in [3.63, 3.8) is 0 Å². The molecule has 5 heteroatoms. The number of aromatic amines is 1. The van der Waals surface area contributed by atoms with Crippen molar-refractivity contribution >= 4 is 11.7 Å². The van der Waals surface area contributed by atoms with Crippen molar-refractivity contribution in [2.45, 2.75) is 33.1 Å². The molecule has 0 aliphatic heterocycles. The molecule has 0 radical (unpaired) electrons. The van der Waals surface area contributed by atoms with Gasteiger partial charge in [0, 0.05) is 22.7 Å². The number of nitrogens with one attached hydrogen (secondary N) is 2. The lowest BCUT2D eigenvalue weighted by Crippen LogP contribution is -2.13. The molecule has 5 nitrogen and oxygen atoms in total. The van der Waals surface area contributed by atoms with Gasteiger partial charge in [-0.15, -0.1) is 0 Å². The third-order valence-electron chi connectivity index (χ3n) is 3.30. The number of aryl methyl sites for hydroxylation is 1. The summed E-state index contributed by atoms with van der Waals surface area (Å²) in [5.41, 5.74) is 2.46. The highest BCUT2D eigenvalue weighted by Crippen LogP contribution is 2.23. The van der Waals surface area contributed by atoms with E-state index in [2.05, 4.69) is 36.3 Å². The van der Waals surface area contributed by atoms with Crippen molar-refractivity contribution in [1.82, 2.24) is 10.2 Å². The minimum Gasteiger partial charge on any atom is -0.496 e. The van der Waals surface area contributed by atoms with Gasteiger partial charge in [-0.1, -0.05) is 26.8 Å². The van der Waals surface area contributed by atoms with Crippen LogP contribution in [0.4, 0.5) is 5.82 Å². The van der Waals surface area contributed by atoms with Crippen LogP contribution in [0.2, 0.25) is 0 Å². The van der Waals surface area contributed by atoms with Gasteiger partial charge in [0.1, 0.15) is 5.75 Å². The van der Waals surface area contributed by atoms with E-state index in [9.17, 15) is 4.79 Å². The molecule has 0 aliphatic carbocycles. The first-order valence-corrected chi connectivity index (χ1v) is 6.83. The first-order chi connectivity index (χ1) is 9.81. The second kappa shape index (κ2) is 5.60. The van der Waals surface area contributed by atoms with E-state index in [0.29, 0.717) is 17.1 Å². The molecular weight excluding hydrogens is 266 g/mol. The van der Waals surface area contributed by atoms with Crippen molar-refractivity contribution in [1.29, 1.82) is 0 Å². The molecule has 2 rings (SSSR count). The number of benzene rings is 1. The Hall–Kier alpha value is -2.30. The maximum atomic E-state index is 12.2. The number of ether oxygens (including phenoxy) is 1. The molecule has 0 unspecified atom stereocenters. The van der Waals surface area contributed by atoms with E-state index in [0.717, 1.165) is 11.3 Å². The quantitative estimate of drug-likeness (QED) is 0.910. The number of hydrogen-bond donors (Lipinski definition) is 2. The van der Waals surface area contributed by atoms with Crippen molar-refractivity contribution in [2.24, 2.45) is 0 Å². The van der Waals surface area contributed by atoms with Crippen LogP contribution < -0.4 is 10.1 Å². The van der Waals surface area contributed by atoms with Crippen molar-refractivity contribution in [3.8, 4) is 5.75 Å². The average molecular weight is 287 g/mol. The van der Waals surface area contributed by atoms with Gasteiger partial charge in [-0.05, 0) is 24.6 Å². The van der Waals surface area contributed by atoms with E-state index in [-0.39, 0.29) is 11.3 Å². The molecule has 0 saturated carbocycles. The summed E-state index contributed by atoms with van der Waals surface area (Å²) < 4.78 is 5.23. The fourth-order valence-corrected chi connectivity index (χ4v) is 1.92. The first kappa shape index (κ1) is 15.1. The summed E-state index contributed by atoms with van der Waals surface area (Å²) in [4.78, 5) is 12.2. The second-order valence-electron chi connectivity index (χ2n) is 6.06. The monoisotopic (exact) mass is 287 g/mol. The van der Waals surface area contributed by atoms with Crippen LogP contribution >= 0.6 is 0 Å². The smallest absolute Gasteiger partial charge is 0.256 e. The minimum absolute atomic E-state index is 0.0386. The SMILES string of the molecule is COc1cc(C(=O)Nc2cc(C(C)(C)C)[nH]n2)ccc1C. The van der Waals surface area contributed by atoms with E-state index >= 15 is 0 Å². The summed E-state index contributed by atoms with van der Waals surface area (Å²) in [6.45, 7) is 8.18. The van der Waals surface area contributed by atoms with Crippen LogP contribution in [0.3, 0.4) is 0 Å². The van der Waals surface area contributed by atoms with Crippen LogP contribution in [0.5, 0.6) is 5.75 Å². The van der Waals surface area contributed by atoms with E-state index in [1.165, 1.54) is 0 Å². The molecule has 2 N–H and O–H groups in total. The highest BCUT2D eigenvalue weighted by Gasteiger charge is 2.18. The van der Waals surface area contributed by atoms with Crippen LogP contribution in [-0.4, -0.2) is 23.2 Å². The summed E-state index contributed by atoms with van der Waals surface area (Å²) in [6.07, 6.45) is 0. The number of methoxy groups -OCH3 is 1. The molecule has 0 saturated heterocycles. The second-order valence-corrected chi connectivity index (χ2v) is 6.06. The average Bonchev–Trinajstić information content (AvgIpc) is 2.87. The molecular formula is C16H21N3O2. The molecule has 0 bridgehead atoms. The lowest BCUT2D eigenvalue weighted by atomic mass is 9.92. The van der Waals surface area contributed by atoms with Gasteiger partial charge in [-0.3, -0.25) is 9.89 Å². The van der Waals surface area contributed by atoms with Crippen molar-refractivity contribution in [3.05, 3.63) is 41.1 Å². The zero-order chi connectivity index (χ0) is 15.6. The maximum absolute atomic E-state index is 12.2. The zero-order valence-corrected chi connectivity index (χ0v) is 13.1. The molecule has 21 heavy (non-hydrogen) atoms. The zero-order valence-electron chi connectivity index (χ0n) is 13.1. The number of anilines is 1. The summed E-state index contributed by atoms with van der Waals surface area (Å²) >= 11 is 0. The van der Waals surface area contributed by atoms with E-state index in [4.69, 9.17) is 4.74 Å². The largest absolute Gasteiger partial charge is 0.496 e. The normalized spacial score (nSPS) is 11.3. The Bertz CT molecular complexity index is 654. The van der Waals surface area contributed by atoms with Crippen LogP contribution in [0.25, 0.3) is 0 Å². The predicted molar refractivity (Wildman–Crippen MR) is 83.0 cm³/mol. The van der Waals surface area contributed by atoms with Crippen LogP contribution in [0, 0.1) is 6.92 Å². The summed E-state index contributed by atoms with van der Waals surface area (Å²) in [6, 6.07) is 7.20. The standard InChI is InChI=1S/C16H21N3O2/c1-10-6-7-11(8-12(10)21-5)15(20)17-14-9-13(18-19-14)16(2,3)4/h6-9H,1-5H3,(H2,17,18,19,20). The molecule has 1 aromatic heterocycles. The molecule has 1 amide bonds. The van der Waals surface area contributed by atoms with Crippen LogP contribution in [-0.2, 0) is 5.41 Å². The summed E-state index contributed by atoms with van der Waals surface area (Å²) in [5.74, 6) is 1.00. The van der Waals surface area contributed by atoms with E-state index in [1.807, 2.05) is 19.1 Å². The minimum atomic E-state index is -0.208. The van der Waals surface area contributed by atoms with Gasteiger partial charge in [-0.2, -0.15) is 5.10 Å². The van der Waals surface area contributed by atoms with Crippen LogP contribution in [0.1, 0.15) is 42.4 Å². The summed E-state index contributed by atoms with van der Waals surface area (Å²) in [5, 5.41) is 9.85. The number of carbonyl (C=O) groups excluding carboxylic acids is 1. The molecule has 1 aromatic carbocycles. The van der Waals surface area contributed by atoms with Gasteiger partial charge < -0.3 is 10.1 Å². The lowest BCUT2D eigenvalue weighted by Gasteiger charge is -2.14. The number of H-pyrrole nitrogens is 1. The van der Waals surface area contributed by atoms with Gasteiger partial charge in [0.2, 0.25) is 0 Å². The Morgan fingerprint density at radius 2 is 2.00 bits per heavy atom. The number of amides is 1. The first-order valence-electron chi connectivity index (χ1n) is 6.83. The van der Waals surface area contributed by atoms with Gasteiger partial charge in [0.15, 0.2) is 5.82 Å². The molecule has 0 spiro atoms. The third kappa shape index (κ3) is 3.42. The van der Waals surface area contributed by atoms with Gasteiger partial charge in [-0.25, -0.2) is 0 Å². The Kier molecular flexibility index (Phi) is 4.02. The Labute approximate surface area is 124 Å². The number of nitrogens with zero attached hydrogens (tertiary/aromatic N) is 1. The van der Waals surface area contributed by atoms with Crippen LogP contribution in [0.15, 0.2) is 24.3 Å². The maximum Gasteiger partial charge on any atom is 0.256 e. The van der Waals surface area contributed by atoms with E-state index < -0.39 is 0 Å². The number of hydrogen-bond acceptors (Lipinski definition) is 3. The third-order valence-corrected chi connectivity index (χ3v) is 3.30. The molecule has 0 fully saturated rings. The van der Waals surface area contributed by atoms with Crippen molar-refractivity contribution in [2.75, 3.05) is 12.4 Å². The topological polar surface area (TPSA) is 67.0 Å². The van der Waals surface area contributed by atoms with Crippen molar-refractivity contribution < 1.29 is 9.53 Å². The Morgan fingerprint density at radius 1 is 1.29 bits per heavy atom.